The summed E-state index contributed by atoms with van der Waals surface area (Å²) in [7, 11) is 0. The molecule has 1 aliphatic carbocycles. The van der Waals surface area contributed by atoms with E-state index < -0.39 is 0 Å². The Kier molecular flexibility index (Phi) is 4.76. The fourth-order valence-corrected chi connectivity index (χ4v) is 3.08. The topological polar surface area (TPSA) is 22.1 Å². The van der Waals surface area contributed by atoms with Crippen LogP contribution in [0.4, 0.5) is 0 Å². The van der Waals surface area contributed by atoms with E-state index in [4.69, 9.17) is 4.74 Å². The van der Waals surface area contributed by atoms with E-state index in [2.05, 4.69) is 37.9 Å². The number of hydrogen-bond donors (Lipinski definition) is 0. The Morgan fingerprint density at radius 3 is 2.61 bits per heavy atom. The smallest absolute Gasteiger partial charge is 0.0581 e. The van der Waals surface area contributed by atoms with Crippen LogP contribution in [0.25, 0.3) is 0 Å². The summed E-state index contributed by atoms with van der Waals surface area (Å²) in [6.07, 6.45) is 9.75. The van der Waals surface area contributed by atoms with Crippen molar-refractivity contribution in [3.8, 4) is 0 Å². The molecular formula is C16H25NO. The number of ether oxygens (including phenoxy) is 1. The molecule has 0 spiro atoms. The van der Waals surface area contributed by atoms with Gasteiger partial charge in [-0.25, -0.2) is 0 Å². The lowest BCUT2D eigenvalue weighted by atomic mass is 9.90. The highest BCUT2D eigenvalue weighted by molar-refractivity contribution is 5.14. The van der Waals surface area contributed by atoms with Crippen molar-refractivity contribution in [2.75, 3.05) is 0 Å². The van der Waals surface area contributed by atoms with Gasteiger partial charge in [-0.15, -0.1) is 0 Å². The van der Waals surface area contributed by atoms with Crippen LogP contribution in [0, 0.1) is 5.92 Å². The second-order valence-electron chi connectivity index (χ2n) is 5.90. The number of rotatable bonds is 5. The first-order valence-corrected chi connectivity index (χ1v) is 7.20. The van der Waals surface area contributed by atoms with E-state index in [1.165, 1.54) is 31.2 Å². The van der Waals surface area contributed by atoms with Crippen molar-refractivity contribution in [3.63, 3.8) is 0 Å². The molecule has 1 aromatic heterocycles. The second-order valence-corrected chi connectivity index (χ2v) is 5.90. The number of hydrogen-bond acceptors (Lipinski definition) is 2. The molecule has 2 nitrogen and oxygen atoms in total. The molecule has 18 heavy (non-hydrogen) atoms. The lowest BCUT2D eigenvalue weighted by Gasteiger charge is -2.18. The summed E-state index contributed by atoms with van der Waals surface area (Å²) in [5.74, 6) is 1.47. The number of aromatic nitrogens is 1. The van der Waals surface area contributed by atoms with Crippen LogP contribution in [-0.4, -0.2) is 17.2 Å². The van der Waals surface area contributed by atoms with E-state index >= 15 is 0 Å². The molecule has 1 fully saturated rings. The molecule has 1 aliphatic rings. The van der Waals surface area contributed by atoms with Crippen molar-refractivity contribution in [3.05, 3.63) is 30.1 Å². The molecule has 0 N–H and O–H groups in total. The number of nitrogens with zero attached hydrogens (tertiary/aromatic N) is 1. The van der Waals surface area contributed by atoms with Gasteiger partial charge in [0.05, 0.1) is 12.2 Å². The highest BCUT2D eigenvalue weighted by Gasteiger charge is 2.27. The molecular weight excluding hydrogens is 222 g/mol. The normalized spacial score (nSPS) is 25.6. The van der Waals surface area contributed by atoms with E-state index in [0.717, 1.165) is 5.92 Å². The maximum atomic E-state index is 5.92. The molecule has 100 valence electrons. The first kappa shape index (κ1) is 13.5. The van der Waals surface area contributed by atoms with Crippen LogP contribution >= 0.6 is 0 Å². The summed E-state index contributed by atoms with van der Waals surface area (Å²) < 4.78 is 5.92. The molecule has 0 aromatic carbocycles. The summed E-state index contributed by atoms with van der Waals surface area (Å²) in [4.78, 5) is 4.08. The summed E-state index contributed by atoms with van der Waals surface area (Å²) in [6, 6.07) is 4.28. The maximum absolute atomic E-state index is 5.92. The fourth-order valence-electron chi connectivity index (χ4n) is 3.08. The van der Waals surface area contributed by atoms with Gasteiger partial charge in [0.15, 0.2) is 0 Å². The standard InChI is InChI=1S/C16H25NO/c1-12(2)18-16-5-4-14(11-16)10-13(3)15-6-8-17-9-7-15/h6-9,12-14,16H,4-5,10-11H2,1-3H3. The van der Waals surface area contributed by atoms with Crippen LogP contribution in [0.2, 0.25) is 0 Å². The Labute approximate surface area is 111 Å². The third kappa shape index (κ3) is 3.81. The molecule has 1 saturated carbocycles. The predicted molar refractivity (Wildman–Crippen MR) is 74.6 cm³/mol. The van der Waals surface area contributed by atoms with Gasteiger partial charge in [0.2, 0.25) is 0 Å². The Morgan fingerprint density at radius 2 is 1.94 bits per heavy atom. The predicted octanol–water partition coefficient (Wildman–Crippen LogP) is 4.17. The van der Waals surface area contributed by atoms with Gasteiger partial charge in [-0.3, -0.25) is 4.98 Å². The zero-order valence-corrected chi connectivity index (χ0v) is 11.8. The van der Waals surface area contributed by atoms with Gasteiger partial charge in [-0.2, -0.15) is 0 Å². The quantitative estimate of drug-likeness (QED) is 0.779. The summed E-state index contributed by atoms with van der Waals surface area (Å²) in [5.41, 5.74) is 1.42. The van der Waals surface area contributed by atoms with Crippen molar-refractivity contribution in [2.24, 2.45) is 5.92 Å². The molecule has 0 saturated heterocycles. The summed E-state index contributed by atoms with van der Waals surface area (Å²) >= 11 is 0. The summed E-state index contributed by atoms with van der Waals surface area (Å²) in [6.45, 7) is 6.59. The number of pyridine rings is 1. The molecule has 3 atom stereocenters. The van der Waals surface area contributed by atoms with Gasteiger partial charge in [-0.1, -0.05) is 6.92 Å². The first-order valence-electron chi connectivity index (χ1n) is 7.20. The fraction of sp³-hybridized carbons (Fsp3) is 0.688. The zero-order chi connectivity index (χ0) is 13.0. The molecule has 2 rings (SSSR count). The minimum Gasteiger partial charge on any atom is -0.376 e. The van der Waals surface area contributed by atoms with Gasteiger partial charge >= 0.3 is 0 Å². The average molecular weight is 247 g/mol. The van der Waals surface area contributed by atoms with Crippen molar-refractivity contribution >= 4 is 0 Å². The van der Waals surface area contributed by atoms with E-state index in [1.807, 2.05) is 12.4 Å². The van der Waals surface area contributed by atoms with Crippen molar-refractivity contribution in [2.45, 2.75) is 64.6 Å². The van der Waals surface area contributed by atoms with Gasteiger partial charge in [0, 0.05) is 12.4 Å². The van der Waals surface area contributed by atoms with E-state index in [9.17, 15) is 0 Å². The Balaban J connectivity index is 1.81. The van der Waals surface area contributed by atoms with Crippen LogP contribution < -0.4 is 0 Å². The molecule has 3 unspecified atom stereocenters. The Morgan fingerprint density at radius 1 is 1.22 bits per heavy atom. The lowest BCUT2D eigenvalue weighted by molar-refractivity contribution is 0.0100. The SMILES string of the molecule is CC(C)OC1CCC(CC(C)c2ccncc2)C1. The Hall–Kier alpha value is -0.890. The monoisotopic (exact) mass is 247 g/mol. The van der Waals surface area contributed by atoms with E-state index in [0.29, 0.717) is 18.1 Å². The average Bonchev–Trinajstić information content (AvgIpc) is 2.76. The maximum Gasteiger partial charge on any atom is 0.0581 e. The summed E-state index contributed by atoms with van der Waals surface area (Å²) in [5, 5.41) is 0. The third-order valence-electron chi connectivity index (χ3n) is 3.92. The highest BCUT2D eigenvalue weighted by Crippen LogP contribution is 2.35. The largest absolute Gasteiger partial charge is 0.376 e. The molecule has 0 aliphatic heterocycles. The van der Waals surface area contributed by atoms with Crippen LogP contribution in [-0.2, 0) is 4.74 Å². The van der Waals surface area contributed by atoms with E-state index in [1.54, 1.807) is 0 Å². The van der Waals surface area contributed by atoms with Crippen LogP contribution in [0.1, 0.15) is 57.9 Å². The van der Waals surface area contributed by atoms with Crippen molar-refractivity contribution < 1.29 is 4.74 Å². The zero-order valence-electron chi connectivity index (χ0n) is 11.8. The van der Waals surface area contributed by atoms with E-state index in [-0.39, 0.29) is 0 Å². The van der Waals surface area contributed by atoms with Crippen LogP contribution in [0.3, 0.4) is 0 Å². The van der Waals surface area contributed by atoms with Gasteiger partial charge in [0.25, 0.3) is 0 Å². The van der Waals surface area contributed by atoms with Crippen molar-refractivity contribution in [1.29, 1.82) is 0 Å². The van der Waals surface area contributed by atoms with Crippen molar-refractivity contribution in [1.82, 2.24) is 4.98 Å². The Bertz CT molecular complexity index is 349. The van der Waals surface area contributed by atoms with Gasteiger partial charge in [0.1, 0.15) is 0 Å². The van der Waals surface area contributed by atoms with Gasteiger partial charge in [-0.05, 0) is 69.1 Å². The molecule has 2 heteroatoms. The third-order valence-corrected chi connectivity index (χ3v) is 3.92. The first-order chi connectivity index (χ1) is 8.65. The minimum atomic E-state index is 0.367. The molecule has 1 heterocycles. The highest BCUT2D eigenvalue weighted by atomic mass is 16.5. The minimum absolute atomic E-state index is 0.367. The lowest BCUT2D eigenvalue weighted by Crippen LogP contribution is -2.14. The van der Waals surface area contributed by atoms with Crippen LogP contribution in [0.15, 0.2) is 24.5 Å². The second kappa shape index (κ2) is 6.33. The molecule has 0 bridgehead atoms. The van der Waals surface area contributed by atoms with Gasteiger partial charge < -0.3 is 4.74 Å². The molecule has 1 aromatic rings. The van der Waals surface area contributed by atoms with Crippen LogP contribution in [0.5, 0.6) is 0 Å². The molecule has 0 radical (unpaired) electrons. The molecule has 0 amide bonds.